The molecule has 1 amide bonds. The summed E-state index contributed by atoms with van der Waals surface area (Å²) in [5, 5.41) is 10.9. The SMILES string of the molecule is CCOc1ccc(C(=O)NC(=NCc2c(C)nn(CC)c2C)Nc2cc(C)ccc2C)cc1OCC. The van der Waals surface area contributed by atoms with Gasteiger partial charge in [0.05, 0.1) is 25.5 Å². The van der Waals surface area contributed by atoms with Crippen LogP contribution in [0.4, 0.5) is 5.69 Å². The molecule has 0 unspecified atom stereocenters. The summed E-state index contributed by atoms with van der Waals surface area (Å²) < 4.78 is 13.3. The van der Waals surface area contributed by atoms with Gasteiger partial charge in [-0.3, -0.25) is 14.8 Å². The molecule has 0 fully saturated rings. The quantitative estimate of drug-likeness (QED) is 0.312. The average molecular weight is 492 g/mol. The van der Waals surface area contributed by atoms with Gasteiger partial charge in [0.25, 0.3) is 5.91 Å². The van der Waals surface area contributed by atoms with E-state index < -0.39 is 0 Å². The summed E-state index contributed by atoms with van der Waals surface area (Å²) in [7, 11) is 0. The predicted molar refractivity (Wildman–Crippen MR) is 144 cm³/mol. The first kappa shape index (κ1) is 26.8. The summed E-state index contributed by atoms with van der Waals surface area (Å²) in [5.74, 6) is 1.21. The van der Waals surface area contributed by atoms with Gasteiger partial charge in [-0.15, -0.1) is 0 Å². The zero-order valence-electron chi connectivity index (χ0n) is 22.4. The molecule has 0 saturated carbocycles. The maximum Gasteiger partial charge on any atom is 0.258 e. The molecule has 2 aromatic carbocycles. The van der Waals surface area contributed by atoms with Crippen LogP contribution in [0.3, 0.4) is 0 Å². The molecule has 0 radical (unpaired) electrons. The van der Waals surface area contributed by atoms with Gasteiger partial charge in [-0.1, -0.05) is 12.1 Å². The summed E-state index contributed by atoms with van der Waals surface area (Å²) >= 11 is 0. The lowest BCUT2D eigenvalue weighted by atomic mass is 10.1. The van der Waals surface area contributed by atoms with Gasteiger partial charge < -0.3 is 14.8 Å². The van der Waals surface area contributed by atoms with Crippen LogP contribution in [0.1, 0.15) is 59.2 Å². The molecule has 0 atom stereocenters. The minimum atomic E-state index is -0.298. The fourth-order valence-electron chi connectivity index (χ4n) is 3.91. The molecule has 36 heavy (non-hydrogen) atoms. The first-order valence-corrected chi connectivity index (χ1v) is 12.4. The number of rotatable bonds is 9. The summed E-state index contributed by atoms with van der Waals surface area (Å²) in [6, 6.07) is 11.3. The van der Waals surface area contributed by atoms with E-state index in [1.807, 2.05) is 58.4 Å². The Morgan fingerprint density at radius 2 is 1.69 bits per heavy atom. The first-order valence-electron chi connectivity index (χ1n) is 12.4. The highest BCUT2D eigenvalue weighted by Gasteiger charge is 2.16. The van der Waals surface area contributed by atoms with E-state index in [1.54, 1.807) is 18.2 Å². The number of nitrogens with one attached hydrogen (secondary N) is 2. The van der Waals surface area contributed by atoms with Crippen molar-refractivity contribution in [2.45, 2.75) is 61.6 Å². The second-order valence-electron chi connectivity index (χ2n) is 8.56. The largest absolute Gasteiger partial charge is 0.490 e. The minimum absolute atomic E-state index is 0.298. The van der Waals surface area contributed by atoms with Gasteiger partial charge >= 0.3 is 0 Å². The summed E-state index contributed by atoms with van der Waals surface area (Å²) in [6.07, 6.45) is 0. The molecule has 8 heteroatoms. The lowest BCUT2D eigenvalue weighted by Crippen LogP contribution is -2.36. The number of ether oxygens (including phenoxy) is 2. The molecule has 0 saturated heterocycles. The fraction of sp³-hybridized carbons (Fsp3) is 0.393. The van der Waals surface area contributed by atoms with Gasteiger partial charge in [0.1, 0.15) is 0 Å². The van der Waals surface area contributed by atoms with Crippen LogP contribution in [0.15, 0.2) is 41.4 Å². The summed E-state index contributed by atoms with van der Waals surface area (Å²) in [6.45, 7) is 16.1. The zero-order valence-corrected chi connectivity index (χ0v) is 22.4. The molecule has 3 rings (SSSR count). The molecule has 1 aromatic heterocycles. The molecule has 8 nitrogen and oxygen atoms in total. The van der Waals surface area contributed by atoms with E-state index in [4.69, 9.17) is 14.5 Å². The first-order chi connectivity index (χ1) is 17.3. The van der Waals surface area contributed by atoms with Crippen LogP contribution < -0.4 is 20.1 Å². The molecule has 2 N–H and O–H groups in total. The second-order valence-corrected chi connectivity index (χ2v) is 8.56. The van der Waals surface area contributed by atoms with E-state index in [1.165, 1.54) is 0 Å². The number of benzene rings is 2. The molecule has 3 aromatic rings. The van der Waals surface area contributed by atoms with Crippen LogP contribution in [0.25, 0.3) is 0 Å². The molecular formula is C28H37N5O3. The highest BCUT2D eigenvalue weighted by molar-refractivity contribution is 6.10. The number of carbonyl (C=O) groups excluding carboxylic acids is 1. The van der Waals surface area contributed by atoms with Crippen molar-refractivity contribution in [1.82, 2.24) is 15.1 Å². The number of carbonyl (C=O) groups is 1. The number of guanidine groups is 1. The van der Waals surface area contributed by atoms with Crippen molar-refractivity contribution in [3.8, 4) is 11.5 Å². The van der Waals surface area contributed by atoms with Crippen LogP contribution in [-0.4, -0.2) is 34.9 Å². The smallest absolute Gasteiger partial charge is 0.258 e. The van der Waals surface area contributed by atoms with Gasteiger partial charge in [-0.2, -0.15) is 5.10 Å². The highest BCUT2D eigenvalue weighted by atomic mass is 16.5. The van der Waals surface area contributed by atoms with Crippen LogP contribution in [0, 0.1) is 27.7 Å². The zero-order chi connectivity index (χ0) is 26.2. The van der Waals surface area contributed by atoms with Crippen molar-refractivity contribution >= 4 is 17.6 Å². The predicted octanol–water partition coefficient (Wildman–Crippen LogP) is 5.33. The molecule has 0 aliphatic carbocycles. The third kappa shape index (κ3) is 6.44. The Balaban J connectivity index is 1.92. The van der Waals surface area contributed by atoms with E-state index in [0.717, 1.165) is 40.3 Å². The number of hydrogen-bond donors (Lipinski definition) is 2. The molecule has 192 valence electrons. The van der Waals surface area contributed by atoms with E-state index in [9.17, 15) is 4.79 Å². The molecule has 0 aliphatic rings. The standard InChI is InChI=1S/C28H37N5O3/c1-8-33-21(7)23(20(6)32-33)17-29-28(30-24-15-18(4)11-12-19(24)5)31-27(34)22-13-14-25(35-9-2)26(16-22)36-10-3/h11-16H,8-10,17H2,1-7H3,(H2,29,30,31,34). The Kier molecular flexibility index (Phi) is 9.11. The maximum atomic E-state index is 13.3. The van der Waals surface area contributed by atoms with Crippen molar-refractivity contribution in [3.63, 3.8) is 0 Å². The number of aliphatic imine (C=N–C) groups is 1. The maximum absolute atomic E-state index is 13.3. The van der Waals surface area contributed by atoms with Gasteiger partial charge in [0.15, 0.2) is 11.5 Å². The number of amides is 1. The monoisotopic (exact) mass is 491 g/mol. The number of anilines is 1. The molecular weight excluding hydrogens is 454 g/mol. The van der Waals surface area contributed by atoms with E-state index in [2.05, 4.69) is 28.7 Å². The lowest BCUT2D eigenvalue weighted by molar-refractivity contribution is 0.0976. The van der Waals surface area contributed by atoms with E-state index in [0.29, 0.717) is 42.8 Å². The number of nitrogens with zero attached hydrogens (tertiary/aromatic N) is 3. The minimum Gasteiger partial charge on any atom is -0.490 e. The Morgan fingerprint density at radius 3 is 2.36 bits per heavy atom. The van der Waals surface area contributed by atoms with Crippen LogP contribution in [0.5, 0.6) is 11.5 Å². The molecule has 0 bridgehead atoms. The summed E-state index contributed by atoms with van der Waals surface area (Å²) in [5.41, 5.74) is 6.54. The third-order valence-corrected chi connectivity index (χ3v) is 5.91. The van der Waals surface area contributed by atoms with Gasteiger partial charge in [-0.25, -0.2) is 4.99 Å². The van der Waals surface area contributed by atoms with Crippen LogP contribution in [-0.2, 0) is 13.1 Å². The van der Waals surface area contributed by atoms with Gasteiger partial charge in [-0.05, 0) is 83.9 Å². The van der Waals surface area contributed by atoms with Crippen molar-refractivity contribution < 1.29 is 14.3 Å². The van der Waals surface area contributed by atoms with E-state index >= 15 is 0 Å². The lowest BCUT2D eigenvalue weighted by Gasteiger charge is -2.16. The van der Waals surface area contributed by atoms with Crippen molar-refractivity contribution in [3.05, 3.63) is 70.0 Å². The van der Waals surface area contributed by atoms with Gasteiger partial charge in [0.2, 0.25) is 5.96 Å². The van der Waals surface area contributed by atoms with E-state index in [-0.39, 0.29) is 5.91 Å². The number of aromatic nitrogens is 2. The molecule has 0 aliphatic heterocycles. The Labute approximate surface area is 213 Å². The Bertz CT molecular complexity index is 1250. The third-order valence-electron chi connectivity index (χ3n) is 5.91. The van der Waals surface area contributed by atoms with Crippen molar-refractivity contribution in [2.75, 3.05) is 18.5 Å². The summed E-state index contributed by atoms with van der Waals surface area (Å²) in [4.78, 5) is 18.0. The Hall–Kier alpha value is -3.81. The Morgan fingerprint density at radius 1 is 0.972 bits per heavy atom. The number of aryl methyl sites for hydroxylation is 4. The average Bonchev–Trinajstić information content (AvgIpc) is 3.13. The van der Waals surface area contributed by atoms with Gasteiger partial charge in [0, 0.05) is 29.1 Å². The highest BCUT2D eigenvalue weighted by Crippen LogP contribution is 2.28. The fourth-order valence-corrected chi connectivity index (χ4v) is 3.91. The normalized spacial score (nSPS) is 11.4. The van der Waals surface area contributed by atoms with Crippen molar-refractivity contribution in [2.24, 2.45) is 4.99 Å². The molecule has 1 heterocycles. The number of hydrogen-bond acceptors (Lipinski definition) is 5. The van der Waals surface area contributed by atoms with Crippen LogP contribution >= 0.6 is 0 Å². The van der Waals surface area contributed by atoms with Crippen LogP contribution in [0.2, 0.25) is 0 Å². The van der Waals surface area contributed by atoms with Crippen molar-refractivity contribution in [1.29, 1.82) is 0 Å². The topological polar surface area (TPSA) is 89.8 Å². The second kappa shape index (κ2) is 12.2. The molecule has 0 spiro atoms.